The van der Waals surface area contributed by atoms with Crippen molar-refractivity contribution in [1.82, 2.24) is 0 Å². The van der Waals surface area contributed by atoms with Crippen LogP contribution in [0.1, 0.15) is 29.5 Å². The van der Waals surface area contributed by atoms with Crippen LogP contribution in [0.3, 0.4) is 0 Å². The first-order valence-corrected chi connectivity index (χ1v) is 6.31. The smallest absolute Gasteiger partial charge is 0.197 e. The summed E-state index contributed by atoms with van der Waals surface area (Å²) in [5.74, 6) is 1.17. The summed E-state index contributed by atoms with van der Waals surface area (Å²) >= 11 is 3.54. The lowest BCUT2D eigenvalue weighted by molar-refractivity contribution is 0.0962. The van der Waals surface area contributed by atoms with Crippen LogP contribution >= 0.6 is 15.9 Å². The molecule has 1 aromatic carbocycles. The molecular weight excluding hydrogens is 280 g/mol. The van der Waals surface area contributed by atoms with Gasteiger partial charge in [0.05, 0.1) is 0 Å². The number of hydrogen-bond donors (Lipinski definition) is 0. The number of furan rings is 1. The summed E-state index contributed by atoms with van der Waals surface area (Å²) in [6, 6.07) is 9.53. The third-order valence-electron chi connectivity index (χ3n) is 2.66. The van der Waals surface area contributed by atoms with Crippen LogP contribution in [0.2, 0.25) is 0 Å². The van der Waals surface area contributed by atoms with Crippen LogP contribution in [-0.4, -0.2) is 5.78 Å². The predicted molar refractivity (Wildman–Crippen MR) is 71.2 cm³/mol. The van der Waals surface area contributed by atoms with E-state index in [2.05, 4.69) is 15.9 Å². The highest BCUT2D eigenvalue weighted by molar-refractivity contribution is 9.10. The van der Waals surface area contributed by atoms with Gasteiger partial charge in [0, 0.05) is 16.5 Å². The fraction of sp³-hybridized carbons (Fsp3) is 0.214. The number of Topliss-reactive ketones (excluding diaryl/α,β-unsaturated/α-hetero) is 1. The topological polar surface area (TPSA) is 30.2 Å². The number of halogens is 1. The molecule has 0 amide bonds. The van der Waals surface area contributed by atoms with Crippen molar-refractivity contribution in [3.63, 3.8) is 0 Å². The van der Waals surface area contributed by atoms with E-state index in [-0.39, 0.29) is 5.78 Å². The maximum Gasteiger partial charge on any atom is 0.197 e. The molecule has 0 saturated carbocycles. The van der Waals surface area contributed by atoms with Gasteiger partial charge in [-0.05, 0) is 40.5 Å². The summed E-state index contributed by atoms with van der Waals surface area (Å²) in [5.41, 5.74) is 2.11. The second-order valence-corrected chi connectivity index (χ2v) is 4.67. The van der Waals surface area contributed by atoms with Gasteiger partial charge in [-0.25, -0.2) is 0 Å². The standard InChI is InChI=1S/C14H13BrO2/c1-3-11(16)13-8-7-12(17-13)10-6-4-5-9(2)14(10)15/h4-8H,3H2,1-2H3. The molecule has 2 rings (SSSR count). The molecule has 2 nitrogen and oxygen atoms in total. The van der Waals surface area contributed by atoms with Crippen molar-refractivity contribution < 1.29 is 9.21 Å². The molecule has 0 fully saturated rings. The number of ketones is 1. The molecule has 0 aliphatic heterocycles. The third kappa shape index (κ3) is 2.34. The molecule has 0 bridgehead atoms. The van der Waals surface area contributed by atoms with Crippen LogP contribution in [0.5, 0.6) is 0 Å². The van der Waals surface area contributed by atoms with Gasteiger partial charge in [-0.2, -0.15) is 0 Å². The Kier molecular flexibility index (Phi) is 3.48. The molecule has 0 aliphatic rings. The lowest BCUT2D eigenvalue weighted by Crippen LogP contribution is -1.92. The lowest BCUT2D eigenvalue weighted by Gasteiger charge is -2.03. The maximum atomic E-state index is 11.5. The molecule has 0 aliphatic carbocycles. The first-order chi connectivity index (χ1) is 8.13. The molecule has 0 unspecified atom stereocenters. The predicted octanol–water partition coefficient (Wildman–Crippen LogP) is 4.61. The minimum absolute atomic E-state index is 0.0278. The Morgan fingerprint density at radius 3 is 2.76 bits per heavy atom. The number of carbonyl (C=O) groups is 1. The fourth-order valence-corrected chi connectivity index (χ4v) is 2.10. The molecular formula is C14H13BrO2. The van der Waals surface area contributed by atoms with Crippen LogP contribution in [0.4, 0.5) is 0 Å². The summed E-state index contributed by atoms with van der Waals surface area (Å²) in [7, 11) is 0. The van der Waals surface area contributed by atoms with Gasteiger partial charge in [0.25, 0.3) is 0 Å². The highest BCUT2D eigenvalue weighted by Gasteiger charge is 2.12. The van der Waals surface area contributed by atoms with Crippen molar-refractivity contribution in [2.45, 2.75) is 20.3 Å². The molecule has 0 N–H and O–H groups in total. The summed E-state index contributed by atoms with van der Waals surface area (Å²) < 4.78 is 6.58. The van der Waals surface area contributed by atoms with Crippen molar-refractivity contribution in [1.29, 1.82) is 0 Å². The summed E-state index contributed by atoms with van der Waals surface area (Å²) in [6.07, 6.45) is 0.460. The van der Waals surface area contributed by atoms with Crippen molar-refractivity contribution >= 4 is 21.7 Å². The minimum atomic E-state index is 0.0278. The third-order valence-corrected chi connectivity index (χ3v) is 3.71. The lowest BCUT2D eigenvalue weighted by atomic mass is 10.1. The van der Waals surface area contributed by atoms with E-state index in [9.17, 15) is 4.79 Å². The van der Waals surface area contributed by atoms with Crippen LogP contribution in [0.15, 0.2) is 39.2 Å². The average molecular weight is 293 g/mol. The Morgan fingerprint density at radius 1 is 1.29 bits per heavy atom. The molecule has 0 atom stereocenters. The molecule has 17 heavy (non-hydrogen) atoms. The number of carbonyl (C=O) groups excluding carboxylic acids is 1. The quantitative estimate of drug-likeness (QED) is 0.773. The first-order valence-electron chi connectivity index (χ1n) is 5.52. The van der Waals surface area contributed by atoms with Gasteiger partial charge in [-0.1, -0.05) is 25.1 Å². The Hall–Kier alpha value is -1.35. The molecule has 3 heteroatoms. The van der Waals surface area contributed by atoms with E-state index in [0.717, 1.165) is 21.4 Å². The summed E-state index contributed by atoms with van der Waals surface area (Å²) in [5, 5.41) is 0. The Balaban J connectivity index is 2.44. The minimum Gasteiger partial charge on any atom is -0.453 e. The van der Waals surface area contributed by atoms with E-state index in [1.54, 1.807) is 6.07 Å². The van der Waals surface area contributed by atoms with Gasteiger partial charge < -0.3 is 4.42 Å². The zero-order valence-electron chi connectivity index (χ0n) is 9.79. The molecule has 0 radical (unpaired) electrons. The second kappa shape index (κ2) is 4.88. The van der Waals surface area contributed by atoms with Crippen molar-refractivity contribution in [3.05, 3.63) is 46.1 Å². The van der Waals surface area contributed by atoms with E-state index >= 15 is 0 Å². The van der Waals surface area contributed by atoms with E-state index in [1.165, 1.54) is 0 Å². The van der Waals surface area contributed by atoms with Crippen molar-refractivity contribution in [2.24, 2.45) is 0 Å². The largest absolute Gasteiger partial charge is 0.453 e. The molecule has 1 aromatic heterocycles. The second-order valence-electron chi connectivity index (χ2n) is 3.88. The number of benzene rings is 1. The molecule has 1 heterocycles. The molecule has 0 saturated heterocycles. The van der Waals surface area contributed by atoms with Crippen LogP contribution in [0.25, 0.3) is 11.3 Å². The van der Waals surface area contributed by atoms with Gasteiger partial charge in [-0.15, -0.1) is 0 Å². The van der Waals surface area contributed by atoms with Crippen LogP contribution < -0.4 is 0 Å². The number of hydrogen-bond acceptors (Lipinski definition) is 2. The Morgan fingerprint density at radius 2 is 2.06 bits per heavy atom. The first kappa shape index (κ1) is 12.1. The zero-order valence-corrected chi connectivity index (χ0v) is 11.4. The normalized spacial score (nSPS) is 10.5. The van der Waals surface area contributed by atoms with Crippen molar-refractivity contribution in [2.75, 3.05) is 0 Å². The number of rotatable bonds is 3. The molecule has 88 valence electrons. The highest BCUT2D eigenvalue weighted by atomic mass is 79.9. The molecule has 2 aromatic rings. The van der Waals surface area contributed by atoms with Gasteiger partial charge in [0.2, 0.25) is 0 Å². The zero-order chi connectivity index (χ0) is 12.4. The van der Waals surface area contributed by atoms with Gasteiger partial charge >= 0.3 is 0 Å². The van der Waals surface area contributed by atoms with E-state index in [4.69, 9.17) is 4.42 Å². The Labute approximate surface area is 109 Å². The summed E-state index contributed by atoms with van der Waals surface area (Å²) in [4.78, 5) is 11.5. The maximum absolute atomic E-state index is 11.5. The number of aryl methyl sites for hydroxylation is 1. The molecule has 0 spiro atoms. The summed E-state index contributed by atoms with van der Waals surface area (Å²) in [6.45, 7) is 3.85. The van der Waals surface area contributed by atoms with Gasteiger partial charge in [0.15, 0.2) is 11.5 Å². The SMILES string of the molecule is CCC(=O)c1ccc(-c2cccc(C)c2Br)o1. The Bertz CT molecular complexity index is 555. The monoisotopic (exact) mass is 292 g/mol. The average Bonchev–Trinajstić information content (AvgIpc) is 2.81. The van der Waals surface area contributed by atoms with E-state index in [0.29, 0.717) is 12.2 Å². The van der Waals surface area contributed by atoms with Crippen LogP contribution in [-0.2, 0) is 0 Å². The van der Waals surface area contributed by atoms with Gasteiger partial charge in [0.1, 0.15) is 5.76 Å². The van der Waals surface area contributed by atoms with Crippen LogP contribution in [0, 0.1) is 6.92 Å². The highest BCUT2D eigenvalue weighted by Crippen LogP contribution is 2.32. The fourth-order valence-electron chi connectivity index (χ4n) is 1.64. The van der Waals surface area contributed by atoms with E-state index < -0.39 is 0 Å². The van der Waals surface area contributed by atoms with Gasteiger partial charge in [-0.3, -0.25) is 4.79 Å². The van der Waals surface area contributed by atoms with E-state index in [1.807, 2.05) is 38.1 Å². The van der Waals surface area contributed by atoms with Crippen molar-refractivity contribution in [3.8, 4) is 11.3 Å².